The smallest absolute Gasteiger partial charge is 0.196 e. The summed E-state index contributed by atoms with van der Waals surface area (Å²) >= 11 is 4.94. The number of carbonyl (C=O) groups excluding carboxylic acids is 1. The highest BCUT2D eigenvalue weighted by molar-refractivity contribution is 9.10. The van der Waals surface area contributed by atoms with E-state index in [0.29, 0.717) is 16.1 Å². The molecule has 0 spiro atoms. The van der Waals surface area contributed by atoms with E-state index in [4.69, 9.17) is 5.73 Å². The maximum atomic E-state index is 12.6. The van der Waals surface area contributed by atoms with Gasteiger partial charge in [-0.3, -0.25) is 4.79 Å². The maximum absolute atomic E-state index is 12.6. The van der Waals surface area contributed by atoms with Gasteiger partial charge >= 0.3 is 0 Å². The number of anilines is 1. The molecule has 0 aliphatic rings. The molecule has 0 saturated carbocycles. The van der Waals surface area contributed by atoms with E-state index in [2.05, 4.69) is 15.9 Å². The van der Waals surface area contributed by atoms with Gasteiger partial charge in [0.1, 0.15) is 0 Å². The summed E-state index contributed by atoms with van der Waals surface area (Å²) in [6.07, 6.45) is 0. The molecule has 3 rings (SSSR count). The molecule has 1 aromatic heterocycles. The van der Waals surface area contributed by atoms with Gasteiger partial charge in [0, 0.05) is 20.1 Å². The van der Waals surface area contributed by atoms with Crippen molar-refractivity contribution in [3.05, 3.63) is 64.1 Å². The standard InChI is InChI=1S/C15H10BrNOS.C2H6/c16-10-7-4-8-11-12(10)13(15(17)19-11)14(18)9-5-2-1-3-6-9;1-2/h1-8H,17H2;1-2H3. The minimum Gasteiger partial charge on any atom is -0.390 e. The molecule has 0 atom stereocenters. The Morgan fingerprint density at radius 3 is 2.38 bits per heavy atom. The normalized spacial score (nSPS) is 10.0. The summed E-state index contributed by atoms with van der Waals surface area (Å²) in [7, 11) is 0. The van der Waals surface area contributed by atoms with E-state index in [1.807, 2.05) is 62.4 Å². The van der Waals surface area contributed by atoms with E-state index < -0.39 is 0 Å². The zero-order valence-corrected chi connectivity index (χ0v) is 14.3. The molecule has 1 heterocycles. The van der Waals surface area contributed by atoms with Crippen LogP contribution in [0.5, 0.6) is 0 Å². The fraction of sp³-hybridized carbons (Fsp3) is 0.118. The Kier molecular flexibility index (Phi) is 5.15. The Balaban J connectivity index is 0.000000774. The van der Waals surface area contributed by atoms with Crippen LogP contribution in [0.1, 0.15) is 29.8 Å². The lowest BCUT2D eigenvalue weighted by Crippen LogP contribution is -2.03. The van der Waals surface area contributed by atoms with Gasteiger partial charge in [-0.25, -0.2) is 0 Å². The molecule has 0 fully saturated rings. The van der Waals surface area contributed by atoms with Crippen molar-refractivity contribution >= 4 is 48.1 Å². The summed E-state index contributed by atoms with van der Waals surface area (Å²) in [6.45, 7) is 4.00. The molecule has 0 aliphatic heterocycles. The molecule has 2 nitrogen and oxygen atoms in total. The van der Waals surface area contributed by atoms with Crippen LogP contribution in [0.2, 0.25) is 0 Å². The second kappa shape index (κ2) is 6.87. The fourth-order valence-corrected chi connectivity index (χ4v) is 3.77. The van der Waals surface area contributed by atoms with Crippen LogP contribution < -0.4 is 5.73 Å². The van der Waals surface area contributed by atoms with Crippen LogP contribution in [0.15, 0.2) is 53.0 Å². The van der Waals surface area contributed by atoms with Crippen molar-refractivity contribution in [2.45, 2.75) is 13.8 Å². The van der Waals surface area contributed by atoms with Gasteiger partial charge in [0.2, 0.25) is 0 Å². The van der Waals surface area contributed by atoms with Crippen molar-refractivity contribution in [3.63, 3.8) is 0 Å². The van der Waals surface area contributed by atoms with Gasteiger partial charge in [0.05, 0.1) is 10.6 Å². The Morgan fingerprint density at radius 1 is 1.05 bits per heavy atom. The average Bonchev–Trinajstić information content (AvgIpc) is 2.87. The first-order chi connectivity index (χ1) is 10.2. The van der Waals surface area contributed by atoms with Crippen LogP contribution in [0.3, 0.4) is 0 Å². The number of benzene rings is 2. The van der Waals surface area contributed by atoms with Gasteiger partial charge in [-0.15, -0.1) is 11.3 Å². The van der Waals surface area contributed by atoms with E-state index >= 15 is 0 Å². The summed E-state index contributed by atoms with van der Waals surface area (Å²) in [6, 6.07) is 15.1. The number of carbonyl (C=O) groups is 1. The van der Waals surface area contributed by atoms with Crippen LogP contribution in [0.25, 0.3) is 10.1 Å². The topological polar surface area (TPSA) is 43.1 Å². The molecule has 0 unspecified atom stereocenters. The Hall–Kier alpha value is -1.65. The first-order valence-electron chi connectivity index (χ1n) is 6.74. The number of thiophene rings is 1. The highest BCUT2D eigenvalue weighted by Gasteiger charge is 2.20. The summed E-state index contributed by atoms with van der Waals surface area (Å²) in [5, 5.41) is 1.47. The summed E-state index contributed by atoms with van der Waals surface area (Å²) in [4.78, 5) is 12.6. The van der Waals surface area contributed by atoms with Crippen molar-refractivity contribution in [2.24, 2.45) is 0 Å². The van der Waals surface area contributed by atoms with Crippen molar-refractivity contribution in [1.29, 1.82) is 0 Å². The molecule has 0 saturated heterocycles. The van der Waals surface area contributed by atoms with Gasteiger partial charge in [0.15, 0.2) is 5.78 Å². The van der Waals surface area contributed by atoms with Crippen molar-refractivity contribution in [3.8, 4) is 0 Å². The molecular formula is C17H16BrNOS. The first kappa shape index (κ1) is 15.7. The number of halogens is 1. The van der Waals surface area contributed by atoms with Crippen molar-refractivity contribution < 1.29 is 4.79 Å². The van der Waals surface area contributed by atoms with E-state index in [9.17, 15) is 4.79 Å². The zero-order valence-electron chi connectivity index (χ0n) is 11.9. The number of nitrogens with two attached hydrogens (primary N) is 1. The zero-order chi connectivity index (χ0) is 15.4. The number of rotatable bonds is 2. The van der Waals surface area contributed by atoms with Gasteiger partial charge in [-0.2, -0.15) is 0 Å². The summed E-state index contributed by atoms with van der Waals surface area (Å²) < 4.78 is 1.92. The summed E-state index contributed by atoms with van der Waals surface area (Å²) in [5.74, 6) is -0.0312. The second-order valence-electron chi connectivity index (χ2n) is 4.15. The van der Waals surface area contributed by atoms with Crippen LogP contribution >= 0.6 is 27.3 Å². The number of fused-ring (bicyclic) bond motifs is 1. The van der Waals surface area contributed by atoms with Crippen LogP contribution in [0.4, 0.5) is 5.00 Å². The van der Waals surface area contributed by atoms with Crippen LogP contribution in [-0.4, -0.2) is 5.78 Å². The van der Waals surface area contributed by atoms with E-state index in [1.165, 1.54) is 11.3 Å². The largest absolute Gasteiger partial charge is 0.390 e. The summed E-state index contributed by atoms with van der Waals surface area (Å²) in [5.41, 5.74) is 7.29. The van der Waals surface area contributed by atoms with Crippen LogP contribution in [-0.2, 0) is 0 Å². The third-order valence-electron chi connectivity index (χ3n) is 2.95. The minimum absolute atomic E-state index is 0.0312. The first-order valence-corrected chi connectivity index (χ1v) is 8.35. The molecule has 0 bridgehead atoms. The third-order valence-corrected chi connectivity index (χ3v) is 4.60. The Labute approximate surface area is 136 Å². The van der Waals surface area contributed by atoms with Crippen molar-refractivity contribution in [1.82, 2.24) is 0 Å². The SMILES string of the molecule is CC.Nc1sc2cccc(Br)c2c1C(=O)c1ccccc1. The molecule has 0 amide bonds. The Bertz CT molecular complexity index is 765. The van der Waals surface area contributed by atoms with E-state index in [1.54, 1.807) is 0 Å². The molecule has 108 valence electrons. The minimum atomic E-state index is -0.0312. The van der Waals surface area contributed by atoms with Gasteiger partial charge in [-0.05, 0) is 12.1 Å². The molecule has 0 aliphatic carbocycles. The van der Waals surface area contributed by atoms with E-state index in [0.717, 1.165) is 14.6 Å². The maximum Gasteiger partial charge on any atom is 0.196 e. The van der Waals surface area contributed by atoms with Crippen molar-refractivity contribution in [2.75, 3.05) is 5.73 Å². The lowest BCUT2D eigenvalue weighted by molar-refractivity contribution is 0.104. The molecule has 2 aromatic carbocycles. The average molecular weight is 362 g/mol. The molecule has 2 N–H and O–H groups in total. The number of hydrogen-bond donors (Lipinski definition) is 1. The third kappa shape index (κ3) is 3.01. The van der Waals surface area contributed by atoms with Gasteiger partial charge in [0.25, 0.3) is 0 Å². The van der Waals surface area contributed by atoms with Gasteiger partial charge in [-0.1, -0.05) is 66.2 Å². The molecular weight excluding hydrogens is 346 g/mol. The Morgan fingerprint density at radius 2 is 1.71 bits per heavy atom. The van der Waals surface area contributed by atoms with Crippen LogP contribution in [0, 0.1) is 0 Å². The fourth-order valence-electron chi connectivity index (χ4n) is 2.08. The molecule has 3 aromatic rings. The lowest BCUT2D eigenvalue weighted by Gasteiger charge is -2.02. The van der Waals surface area contributed by atoms with Gasteiger partial charge < -0.3 is 5.73 Å². The predicted molar refractivity (Wildman–Crippen MR) is 95.2 cm³/mol. The number of hydrogen-bond acceptors (Lipinski definition) is 3. The molecule has 0 radical (unpaired) electrons. The second-order valence-corrected chi connectivity index (χ2v) is 6.09. The molecule has 4 heteroatoms. The van der Waals surface area contributed by atoms with E-state index in [-0.39, 0.29) is 5.78 Å². The predicted octanol–water partition coefficient (Wildman–Crippen LogP) is 5.50. The number of ketones is 1. The number of nitrogen functional groups attached to an aromatic ring is 1. The lowest BCUT2D eigenvalue weighted by atomic mass is 10.0. The highest BCUT2D eigenvalue weighted by Crippen LogP contribution is 2.38. The highest BCUT2D eigenvalue weighted by atomic mass is 79.9. The monoisotopic (exact) mass is 361 g/mol. The molecule has 21 heavy (non-hydrogen) atoms. The quantitative estimate of drug-likeness (QED) is 0.612.